The van der Waals surface area contributed by atoms with E-state index in [-0.39, 0.29) is 30.6 Å². The fourth-order valence-corrected chi connectivity index (χ4v) is 3.44. The van der Waals surface area contributed by atoms with Gasteiger partial charge in [0.1, 0.15) is 23.4 Å². The van der Waals surface area contributed by atoms with Crippen molar-refractivity contribution in [3.8, 4) is 17.4 Å². The van der Waals surface area contributed by atoms with E-state index in [0.29, 0.717) is 28.3 Å². The molecule has 2 aromatic heterocycles. The van der Waals surface area contributed by atoms with Gasteiger partial charge in [-0.15, -0.1) is 9.78 Å². The van der Waals surface area contributed by atoms with Crippen molar-refractivity contribution >= 4 is 11.5 Å². The number of amidine groups is 1. The first-order chi connectivity index (χ1) is 17.5. The Hall–Kier alpha value is -4.74. The number of nitrogens with two attached hydrogens (primary N) is 1. The molecule has 0 bridgehead atoms. The van der Waals surface area contributed by atoms with Crippen LogP contribution in [0.5, 0.6) is 11.5 Å². The number of ether oxygens (including phenoxy) is 2. The molecule has 0 fully saturated rings. The molecule has 5 N–H and O–H groups in total. The van der Waals surface area contributed by atoms with Crippen LogP contribution in [0.3, 0.4) is 0 Å². The first-order valence-electron chi connectivity index (χ1n) is 11.0. The Morgan fingerprint density at radius 2 is 1.92 bits per heavy atom. The van der Waals surface area contributed by atoms with Crippen LogP contribution in [0.4, 0.5) is 10.1 Å². The van der Waals surface area contributed by atoms with Crippen LogP contribution in [-0.2, 0) is 0 Å². The highest BCUT2D eigenvalue weighted by Crippen LogP contribution is 2.31. The van der Waals surface area contributed by atoms with Gasteiger partial charge in [0.05, 0.1) is 20.4 Å². The lowest BCUT2D eigenvalue weighted by atomic mass is 10.0. The van der Waals surface area contributed by atoms with Crippen molar-refractivity contribution in [2.75, 3.05) is 25.7 Å². The number of rotatable bonds is 11. The van der Waals surface area contributed by atoms with Gasteiger partial charge in [0.25, 0.3) is 5.95 Å². The molecule has 1 unspecified atom stereocenters. The van der Waals surface area contributed by atoms with Crippen molar-refractivity contribution in [2.24, 2.45) is 5.73 Å². The lowest BCUT2D eigenvalue weighted by Gasteiger charge is -2.20. The van der Waals surface area contributed by atoms with E-state index in [1.54, 1.807) is 48.5 Å². The number of aromatic nitrogens is 5. The molecule has 2 heterocycles. The number of anilines is 1. The summed E-state index contributed by atoms with van der Waals surface area (Å²) in [6.07, 6.45) is 3.28. The highest BCUT2D eigenvalue weighted by Gasteiger charge is 2.22. The highest BCUT2D eigenvalue weighted by atomic mass is 19.1. The molecule has 0 aliphatic rings. The topological polar surface area (TPSA) is 157 Å². The third-order valence-corrected chi connectivity index (χ3v) is 5.18. The van der Waals surface area contributed by atoms with Gasteiger partial charge >= 0.3 is 5.69 Å². The van der Waals surface area contributed by atoms with Gasteiger partial charge in [0.15, 0.2) is 5.82 Å². The Balaban J connectivity index is 1.77. The van der Waals surface area contributed by atoms with E-state index in [2.05, 4.69) is 25.4 Å². The number of nitrogens with zero attached hydrogens (tertiary/aromatic N) is 4. The van der Waals surface area contributed by atoms with E-state index in [0.717, 1.165) is 4.68 Å². The molecule has 4 rings (SSSR count). The zero-order valence-corrected chi connectivity index (χ0v) is 19.4. The monoisotopic (exact) mass is 492 g/mol. The van der Waals surface area contributed by atoms with Crippen LogP contribution in [0.1, 0.15) is 29.4 Å². The van der Waals surface area contributed by atoms with Gasteiger partial charge in [-0.2, -0.15) is 0 Å². The smallest absolute Gasteiger partial charge is 0.350 e. The molecule has 0 radical (unpaired) electrons. The maximum atomic E-state index is 12.7. The zero-order chi connectivity index (χ0) is 25.5. The molecule has 12 heteroatoms. The van der Waals surface area contributed by atoms with E-state index in [4.69, 9.17) is 20.6 Å². The van der Waals surface area contributed by atoms with Gasteiger partial charge in [-0.05, 0) is 48.0 Å². The second kappa shape index (κ2) is 11.1. The van der Waals surface area contributed by atoms with Crippen molar-refractivity contribution in [1.29, 1.82) is 5.41 Å². The lowest BCUT2D eigenvalue weighted by molar-refractivity contribution is 0.287. The fraction of sp³-hybridized carbons (Fsp3) is 0.208. The third-order valence-electron chi connectivity index (χ3n) is 5.18. The number of benzene rings is 2. The number of nitrogens with one attached hydrogen (secondary N) is 3. The summed E-state index contributed by atoms with van der Waals surface area (Å²) in [5, 5.41) is 15.4. The molecule has 1 atom stereocenters. The van der Waals surface area contributed by atoms with Crippen molar-refractivity contribution in [1.82, 2.24) is 24.7 Å². The van der Waals surface area contributed by atoms with E-state index < -0.39 is 18.4 Å². The molecule has 4 aromatic rings. The Morgan fingerprint density at radius 3 is 2.58 bits per heavy atom. The van der Waals surface area contributed by atoms with Crippen LogP contribution < -0.4 is 26.2 Å². The number of methoxy groups -OCH3 is 1. The second-order valence-corrected chi connectivity index (χ2v) is 7.68. The van der Waals surface area contributed by atoms with Gasteiger partial charge < -0.3 is 20.5 Å². The molecule has 0 amide bonds. The van der Waals surface area contributed by atoms with Crippen molar-refractivity contribution in [2.45, 2.75) is 12.5 Å². The molecule has 0 spiro atoms. The van der Waals surface area contributed by atoms with E-state index in [1.165, 1.54) is 19.5 Å². The third kappa shape index (κ3) is 5.66. The molecular weight excluding hydrogens is 467 g/mol. The Bertz CT molecular complexity index is 1370. The van der Waals surface area contributed by atoms with Gasteiger partial charge in [-0.1, -0.05) is 0 Å². The molecule has 2 aromatic carbocycles. The summed E-state index contributed by atoms with van der Waals surface area (Å²) >= 11 is 0. The van der Waals surface area contributed by atoms with Gasteiger partial charge in [0, 0.05) is 36.1 Å². The fourth-order valence-electron chi connectivity index (χ4n) is 3.44. The van der Waals surface area contributed by atoms with Crippen LogP contribution >= 0.6 is 0 Å². The van der Waals surface area contributed by atoms with Crippen LogP contribution in [-0.4, -0.2) is 51.0 Å². The largest absolute Gasteiger partial charge is 0.497 e. The number of hydrogen-bond donors (Lipinski definition) is 4. The number of H-pyrrole nitrogens is 1. The standard InChI is InChI=1S/C24H25FN8O3/c1-35-18-12-16(13-19(14-18)36-11-2-8-25)20(30-17-6-4-15(5-7-17)21(26)27)22-31-24(34)33(32-22)23-28-9-3-10-29-23/h3-7,9-10,12-14,20,30H,2,8,11H2,1H3,(H3,26,27)(H,31,32,34). The maximum Gasteiger partial charge on any atom is 0.350 e. The molecule has 11 nitrogen and oxygen atoms in total. The summed E-state index contributed by atoms with van der Waals surface area (Å²) in [6.45, 7) is -0.290. The first kappa shape index (κ1) is 24.4. The Kier molecular flexibility index (Phi) is 7.54. The molecule has 0 saturated heterocycles. The van der Waals surface area contributed by atoms with Gasteiger partial charge in [-0.25, -0.2) is 14.8 Å². The quantitative estimate of drug-likeness (QED) is 0.141. The molecular formula is C24H25FN8O3. The Labute approximate surface area is 205 Å². The second-order valence-electron chi connectivity index (χ2n) is 7.68. The van der Waals surface area contributed by atoms with Crippen molar-refractivity contribution in [3.05, 3.63) is 88.4 Å². The number of alkyl halides is 1. The van der Waals surface area contributed by atoms with Crippen LogP contribution in [0, 0.1) is 5.41 Å². The number of hydrogen-bond acceptors (Lipinski definition) is 8. The van der Waals surface area contributed by atoms with E-state index in [9.17, 15) is 9.18 Å². The molecule has 186 valence electrons. The SMILES string of the molecule is COc1cc(OCCCF)cc(C(Nc2ccc(C(=N)N)cc2)c2nn(-c3ncccn3)c(=O)[nH]2)c1. The molecule has 0 aliphatic carbocycles. The number of halogens is 1. The van der Waals surface area contributed by atoms with Crippen molar-refractivity contribution < 1.29 is 13.9 Å². The van der Waals surface area contributed by atoms with Crippen LogP contribution in [0.15, 0.2) is 65.7 Å². The predicted octanol–water partition coefficient (Wildman–Crippen LogP) is 2.58. The van der Waals surface area contributed by atoms with Crippen molar-refractivity contribution in [3.63, 3.8) is 0 Å². The minimum absolute atomic E-state index is 0.0492. The van der Waals surface area contributed by atoms with E-state index >= 15 is 0 Å². The minimum atomic E-state index is -0.663. The van der Waals surface area contributed by atoms with Crippen LogP contribution in [0.25, 0.3) is 5.95 Å². The average Bonchev–Trinajstić information content (AvgIpc) is 3.29. The summed E-state index contributed by atoms with van der Waals surface area (Å²) in [4.78, 5) is 23.7. The summed E-state index contributed by atoms with van der Waals surface area (Å²) in [5.74, 6) is 1.34. The lowest BCUT2D eigenvalue weighted by Crippen LogP contribution is -2.18. The van der Waals surface area contributed by atoms with Gasteiger partial charge in [-0.3, -0.25) is 14.8 Å². The summed E-state index contributed by atoms with van der Waals surface area (Å²) in [7, 11) is 1.52. The highest BCUT2D eigenvalue weighted by molar-refractivity contribution is 5.95. The summed E-state index contributed by atoms with van der Waals surface area (Å²) < 4.78 is 24.8. The zero-order valence-electron chi connectivity index (χ0n) is 19.4. The normalized spacial score (nSPS) is 11.6. The number of nitrogen functional groups attached to an aromatic ring is 1. The molecule has 0 aliphatic heterocycles. The first-order valence-corrected chi connectivity index (χ1v) is 11.0. The Morgan fingerprint density at radius 1 is 1.19 bits per heavy atom. The predicted molar refractivity (Wildman–Crippen MR) is 132 cm³/mol. The van der Waals surface area contributed by atoms with Gasteiger partial charge in [0.2, 0.25) is 0 Å². The number of aromatic amines is 1. The summed E-state index contributed by atoms with van der Waals surface area (Å²) in [6, 6.07) is 13.1. The summed E-state index contributed by atoms with van der Waals surface area (Å²) in [5.41, 5.74) is 6.96. The molecule has 0 saturated carbocycles. The average molecular weight is 493 g/mol. The maximum absolute atomic E-state index is 12.7. The van der Waals surface area contributed by atoms with E-state index in [1.807, 2.05) is 0 Å². The minimum Gasteiger partial charge on any atom is -0.497 e. The van der Waals surface area contributed by atoms with Crippen LogP contribution in [0.2, 0.25) is 0 Å². The molecule has 36 heavy (non-hydrogen) atoms.